The van der Waals surface area contributed by atoms with E-state index >= 15 is 0 Å². The van der Waals surface area contributed by atoms with E-state index in [1.165, 1.54) is 0 Å². The van der Waals surface area contributed by atoms with Crippen molar-refractivity contribution >= 4 is 12.8 Å². The second kappa shape index (κ2) is 4.23. The lowest BCUT2D eigenvalue weighted by molar-refractivity contribution is -0.0238. The van der Waals surface area contributed by atoms with Crippen molar-refractivity contribution in [1.29, 1.82) is 0 Å². The minimum Gasteiger partial charge on any atom is -0.369 e. The highest BCUT2D eigenvalue weighted by Crippen LogP contribution is 1.57. The molecule has 0 radical (unpaired) electrons. The minimum atomic E-state index is -0.344. The number of nitrogens with one attached hydrogen (secondary N) is 1. The third-order valence-corrected chi connectivity index (χ3v) is 0.258. The van der Waals surface area contributed by atoms with E-state index in [2.05, 4.69) is 17.7 Å². The molecular weight excluding hydrogens is 90.1 g/mol. The van der Waals surface area contributed by atoms with Gasteiger partial charge in [0.25, 0.3) is 0 Å². The molecule has 0 aromatic carbocycles. The van der Waals surface area contributed by atoms with Crippen LogP contribution in [-0.4, -0.2) is 11.9 Å². The lowest BCUT2D eigenvalue weighted by Crippen LogP contribution is -2.00. The Morgan fingerprint density at radius 1 is 2.00 bits per heavy atom. The molecule has 0 aliphatic carbocycles. The predicted molar refractivity (Wildman–Crippen MR) is 20.3 cm³/mol. The van der Waals surface area contributed by atoms with E-state index in [1.54, 1.807) is 0 Å². The van der Waals surface area contributed by atoms with E-state index < -0.39 is 0 Å². The van der Waals surface area contributed by atoms with Crippen molar-refractivity contribution < 1.29 is 9.94 Å². The highest BCUT2D eigenvalue weighted by molar-refractivity contribution is 7.77. The van der Waals surface area contributed by atoms with E-state index in [0.29, 0.717) is 0 Å². The fourth-order valence-corrected chi connectivity index (χ4v) is 0.0866. The number of aliphatic hydroxyl groups excluding tert-OH is 1. The van der Waals surface area contributed by atoms with Gasteiger partial charge in [-0.2, -0.15) is 0 Å². The Balaban J connectivity index is 2.19. The number of aliphatic hydroxyl groups is 1. The first-order valence-corrected chi connectivity index (χ1v) is 1.48. The van der Waals surface area contributed by atoms with Gasteiger partial charge in [-0.15, -0.1) is 4.89 Å². The van der Waals surface area contributed by atoms with Crippen LogP contribution in [0.3, 0.4) is 0 Å². The topological polar surface area (TPSA) is 41.5 Å². The van der Waals surface area contributed by atoms with Gasteiger partial charge < -0.3 is 5.11 Å². The molecule has 2 N–H and O–H groups in total. The van der Waals surface area contributed by atoms with Crippen molar-refractivity contribution in [3.05, 3.63) is 0 Å². The minimum absolute atomic E-state index is 0.344. The van der Waals surface area contributed by atoms with E-state index in [-0.39, 0.29) is 6.79 Å². The third kappa shape index (κ3) is 4.23. The summed E-state index contributed by atoms with van der Waals surface area (Å²) in [6.45, 7) is -0.344. The van der Waals surface area contributed by atoms with E-state index in [1.807, 2.05) is 4.89 Å². The van der Waals surface area contributed by atoms with Crippen LogP contribution in [0.15, 0.2) is 0 Å². The summed E-state index contributed by atoms with van der Waals surface area (Å²) in [4.78, 5) is 5.96. The monoisotopic (exact) mass is 95.0 g/mol. The van der Waals surface area contributed by atoms with Gasteiger partial charge in [0.1, 0.15) is 0 Å². The number of rotatable bonds is 2. The second-order valence-corrected chi connectivity index (χ2v) is 0.547. The van der Waals surface area contributed by atoms with Crippen LogP contribution < -0.4 is 4.89 Å². The summed E-state index contributed by atoms with van der Waals surface area (Å²) in [6.07, 6.45) is 0. The van der Waals surface area contributed by atoms with Gasteiger partial charge in [0.2, 0.25) is 0 Å². The summed E-state index contributed by atoms with van der Waals surface area (Å²) in [7, 11) is 0. The molecule has 0 spiro atoms. The molecule has 0 unspecified atom stereocenters. The van der Waals surface area contributed by atoms with Gasteiger partial charge in [0.15, 0.2) is 6.79 Å². The molecule has 5 heavy (non-hydrogen) atoms. The van der Waals surface area contributed by atoms with Crippen molar-refractivity contribution in [3.63, 3.8) is 0 Å². The van der Waals surface area contributed by atoms with E-state index in [4.69, 9.17) is 5.11 Å². The third-order valence-electron chi connectivity index (χ3n) is 0.129. The zero-order valence-corrected chi connectivity index (χ0v) is 3.40. The standard InChI is InChI=1S/CH5NO2S/c3-1-4-2-5/h2-3,5H,1H2. The van der Waals surface area contributed by atoms with Crippen LogP contribution >= 0.6 is 12.8 Å². The van der Waals surface area contributed by atoms with E-state index in [0.717, 1.165) is 0 Å². The molecule has 3 nitrogen and oxygen atoms in total. The molecule has 0 amide bonds. The van der Waals surface area contributed by atoms with Gasteiger partial charge in [0.05, 0.1) is 0 Å². The van der Waals surface area contributed by atoms with Crippen molar-refractivity contribution in [2.45, 2.75) is 0 Å². The molecule has 0 fully saturated rings. The average molecular weight is 95.1 g/mol. The maximum absolute atomic E-state index is 7.73. The molecule has 0 aromatic rings. The molecule has 32 valence electrons. The quantitative estimate of drug-likeness (QED) is 0.241. The number of thiol groups is 1. The second-order valence-electron chi connectivity index (χ2n) is 0.365. The zero-order valence-electron chi connectivity index (χ0n) is 2.51. The van der Waals surface area contributed by atoms with Crippen molar-refractivity contribution in [2.75, 3.05) is 6.79 Å². The highest BCUT2D eigenvalue weighted by Gasteiger charge is 1.63. The summed E-state index contributed by atoms with van der Waals surface area (Å²) in [5.74, 6) is 0. The first kappa shape index (κ1) is 5.23. The van der Waals surface area contributed by atoms with Gasteiger partial charge in [-0.25, -0.2) is 0 Å². The summed E-state index contributed by atoms with van der Waals surface area (Å²) >= 11 is 3.37. The van der Waals surface area contributed by atoms with Crippen molar-refractivity contribution in [2.24, 2.45) is 0 Å². The van der Waals surface area contributed by atoms with Crippen molar-refractivity contribution in [3.8, 4) is 0 Å². The molecule has 0 atom stereocenters. The van der Waals surface area contributed by atoms with Crippen LogP contribution in [0.5, 0.6) is 0 Å². The Labute approximate surface area is 35.4 Å². The summed E-state index contributed by atoms with van der Waals surface area (Å²) in [5, 5.41) is 7.73. The maximum Gasteiger partial charge on any atom is 0.164 e. The normalized spacial score (nSPS) is 8.40. The molecule has 0 saturated heterocycles. The molecular formula is CH5NO2S. The summed E-state index contributed by atoms with van der Waals surface area (Å²) < 4.78 is 0. The average Bonchev–Trinajstić information content (AvgIpc) is 1.41. The Kier molecular flexibility index (Phi) is 4.42. The largest absolute Gasteiger partial charge is 0.369 e. The maximum atomic E-state index is 7.73. The Morgan fingerprint density at radius 2 is 2.60 bits per heavy atom. The molecule has 0 rings (SSSR count). The van der Waals surface area contributed by atoms with Crippen LogP contribution in [0.25, 0.3) is 0 Å². The van der Waals surface area contributed by atoms with Crippen LogP contribution in [0.4, 0.5) is 0 Å². The van der Waals surface area contributed by atoms with E-state index in [9.17, 15) is 0 Å². The smallest absolute Gasteiger partial charge is 0.164 e. The summed E-state index contributed by atoms with van der Waals surface area (Å²) in [5.41, 5.74) is 0. The fourth-order valence-electron chi connectivity index (χ4n) is 0.0289. The molecule has 4 heteroatoms. The van der Waals surface area contributed by atoms with Gasteiger partial charge in [-0.1, -0.05) is 12.8 Å². The fraction of sp³-hybridized carbons (Fsp3) is 1.00. The SMILES string of the molecule is OCONS. The van der Waals surface area contributed by atoms with Crippen LogP contribution in [-0.2, 0) is 4.84 Å². The highest BCUT2D eigenvalue weighted by atomic mass is 32.1. The molecule has 0 aliphatic heterocycles. The van der Waals surface area contributed by atoms with Gasteiger partial charge >= 0.3 is 0 Å². The van der Waals surface area contributed by atoms with Crippen LogP contribution in [0, 0.1) is 0 Å². The molecule has 0 bridgehead atoms. The van der Waals surface area contributed by atoms with Crippen LogP contribution in [0.2, 0.25) is 0 Å². The first-order chi connectivity index (χ1) is 2.41. The van der Waals surface area contributed by atoms with Crippen LogP contribution in [0.1, 0.15) is 0 Å². The van der Waals surface area contributed by atoms with Gasteiger partial charge in [0, 0.05) is 0 Å². The lowest BCUT2D eigenvalue weighted by atomic mass is 11.5. The molecule has 0 aliphatic rings. The first-order valence-electron chi connectivity index (χ1n) is 1.03. The molecule has 0 aromatic heterocycles. The Bertz CT molecular complexity index is 17.1. The number of hydrogen-bond acceptors (Lipinski definition) is 4. The molecule has 0 saturated carbocycles. The van der Waals surface area contributed by atoms with Gasteiger partial charge in [-0.05, 0) is 0 Å². The molecule has 0 heterocycles. The summed E-state index contributed by atoms with van der Waals surface area (Å²) in [6, 6.07) is 0. The Hall–Kier alpha value is 0.230. The predicted octanol–water partition coefficient (Wildman–Crippen LogP) is -0.698. The zero-order chi connectivity index (χ0) is 4.12. The number of hydrogen-bond donors (Lipinski definition) is 3. The van der Waals surface area contributed by atoms with Gasteiger partial charge in [-0.3, -0.25) is 4.84 Å². The van der Waals surface area contributed by atoms with Crippen molar-refractivity contribution in [1.82, 2.24) is 4.89 Å². The lowest BCUT2D eigenvalue weighted by Gasteiger charge is -1.86. The Morgan fingerprint density at radius 3 is 2.60 bits per heavy atom.